The van der Waals surface area contributed by atoms with Crippen LogP contribution < -0.4 is 0 Å². The molecule has 2 heteroatoms. The Morgan fingerprint density at radius 1 is 1.20 bits per heavy atom. The molecule has 2 bridgehead atoms. The molecule has 0 aromatic rings. The van der Waals surface area contributed by atoms with E-state index in [1.165, 1.54) is 45.1 Å². The minimum absolute atomic E-state index is 0.422. The Morgan fingerprint density at radius 3 is 2.70 bits per heavy atom. The standard InChI is InChI=1S/C18H31NO/c1-5-17(3,4)16-15-12-9-10-14(20-12)18(15)11-7-8-13(18)19(16)6-2/h12-16H,5-11H2,1-4H3. The quantitative estimate of drug-likeness (QED) is 0.777. The molecule has 0 aromatic carbocycles. The van der Waals surface area contributed by atoms with Gasteiger partial charge < -0.3 is 4.74 Å². The van der Waals surface area contributed by atoms with Crippen molar-refractivity contribution in [1.82, 2.24) is 4.90 Å². The third-order valence-electron chi connectivity index (χ3n) is 7.56. The van der Waals surface area contributed by atoms with E-state index in [-0.39, 0.29) is 0 Å². The van der Waals surface area contributed by atoms with E-state index in [0.29, 0.717) is 23.0 Å². The number of rotatable bonds is 3. The van der Waals surface area contributed by atoms with Gasteiger partial charge in [0.25, 0.3) is 0 Å². The molecule has 0 amide bonds. The van der Waals surface area contributed by atoms with Gasteiger partial charge in [-0.3, -0.25) is 4.90 Å². The van der Waals surface area contributed by atoms with Crippen LogP contribution in [0.15, 0.2) is 0 Å². The number of nitrogens with zero attached hydrogens (tertiary/aromatic N) is 1. The molecule has 3 heterocycles. The molecule has 4 fully saturated rings. The molecule has 114 valence electrons. The number of likely N-dealkylation sites (tertiary alicyclic amines) is 1. The molecular formula is C18H31NO. The summed E-state index contributed by atoms with van der Waals surface area (Å²) in [5, 5.41) is 0. The predicted molar refractivity (Wildman–Crippen MR) is 81.7 cm³/mol. The Hall–Kier alpha value is -0.0800. The van der Waals surface area contributed by atoms with Gasteiger partial charge in [0.05, 0.1) is 12.2 Å². The van der Waals surface area contributed by atoms with E-state index in [9.17, 15) is 0 Å². The minimum Gasteiger partial charge on any atom is -0.374 e. The van der Waals surface area contributed by atoms with Crippen LogP contribution in [0.1, 0.15) is 66.2 Å². The Morgan fingerprint density at radius 2 is 2.00 bits per heavy atom. The van der Waals surface area contributed by atoms with E-state index in [0.717, 1.165) is 18.0 Å². The van der Waals surface area contributed by atoms with Gasteiger partial charge in [-0.15, -0.1) is 0 Å². The third kappa shape index (κ3) is 1.38. The summed E-state index contributed by atoms with van der Waals surface area (Å²) in [5.74, 6) is 0.823. The van der Waals surface area contributed by atoms with Gasteiger partial charge in [0.2, 0.25) is 0 Å². The van der Waals surface area contributed by atoms with Crippen LogP contribution in [0.4, 0.5) is 0 Å². The highest BCUT2D eigenvalue weighted by Crippen LogP contribution is 2.68. The molecule has 0 N–H and O–H groups in total. The zero-order chi connectivity index (χ0) is 14.1. The van der Waals surface area contributed by atoms with Crippen LogP contribution in [0.2, 0.25) is 0 Å². The molecule has 0 radical (unpaired) electrons. The maximum absolute atomic E-state index is 6.48. The summed E-state index contributed by atoms with van der Waals surface area (Å²) in [5.41, 5.74) is 0.960. The normalized spacial score (nSPS) is 50.7. The lowest BCUT2D eigenvalue weighted by Crippen LogP contribution is -2.48. The molecule has 2 nitrogen and oxygen atoms in total. The minimum atomic E-state index is 0.422. The lowest BCUT2D eigenvalue weighted by molar-refractivity contribution is 0.00417. The second-order valence-electron chi connectivity index (χ2n) is 8.40. The maximum Gasteiger partial charge on any atom is 0.0655 e. The van der Waals surface area contributed by atoms with Gasteiger partial charge in [0.15, 0.2) is 0 Å². The molecule has 1 saturated carbocycles. The van der Waals surface area contributed by atoms with E-state index < -0.39 is 0 Å². The molecule has 0 aromatic heterocycles. The van der Waals surface area contributed by atoms with Crippen LogP contribution in [0.3, 0.4) is 0 Å². The number of hydrogen-bond donors (Lipinski definition) is 0. The summed E-state index contributed by atoms with van der Waals surface area (Å²) in [6.45, 7) is 11.0. The molecular weight excluding hydrogens is 246 g/mol. The molecule has 6 atom stereocenters. The van der Waals surface area contributed by atoms with Crippen LogP contribution in [-0.4, -0.2) is 35.7 Å². The van der Waals surface area contributed by atoms with Crippen molar-refractivity contribution in [2.45, 2.75) is 90.5 Å². The lowest BCUT2D eigenvalue weighted by Gasteiger charge is -2.43. The van der Waals surface area contributed by atoms with E-state index in [1.54, 1.807) is 0 Å². The zero-order valence-corrected chi connectivity index (χ0v) is 13.7. The molecule has 4 aliphatic rings. The average molecular weight is 277 g/mol. The molecule has 1 aliphatic carbocycles. The van der Waals surface area contributed by atoms with Gasteiger partial charge in [-0.25, -0.2) is 0 Å². The smallest absolute Gasteiger partial charge is 0.0655 e. The SMILES string of the molecule is CCN1C(C(C)(C)CC)C2C3CCC(O3)C23CCCC13. The Kier molecular flexibility index (Phi) is 2.87. The fraction of sp³-hybridized carbons (Fsp3) is 1.00. The van der Waals surface area contributed by atoms with Gasteiger partial charge in [-0.1, -0.05) is 34.1 Å². The van der Waals surface area contributed by atoms with Crippen LogP contribution >= 0.6 is 0 Å². The van der Waals surface area contributed by atoms with Gasteiger partial charge in [0, 0.05) is 23.4 Å². The van der Waals surface area contributed by atoms with Gasteiger partial charge in [0.1, 0.15) is 0 Å². The predicted octanol–water partition coefficient (Wildman–Crippen LogP) is 3.84. The fourth-order valence-electron chi connectivity index (χ4n) is 6.62. The molecule has 3 aliphatic heterocycles. The first kappa shape index (κ1) is 13.6. The zero-order valence-electron chi connectivity index (χ0n) is 13.7. The Labute approximate surface area is 124 Å². The first-order chi connectivity index (χ1) is 9.56. The molecule has 6 unspecified atom stereocenters. The van der Waals surface area contributed by atoms with Crippen molar-refractivity contribution in [3.63, 3.8) is 0 Å². The molecule has 20 heavy (non-hydrogen) atoms. The van der Waals surface area contributed by atoms with E-state index in [1.807, 2.05) is 0 Å². The van der Waals surface area contributed by atoms with Crippen molar-refractivity contribution in [3.8, 4) is 0 Å². The van der Waals surface area contributed by atoms with Crippen molar-refractivity contribution in [2.75, 3.05) is 6.54 Å². The second-order valence-corrected chi connectivity index (χ2v) is 8.40. The van der Waals surface area contributed by atoms with Crippen molar-refractivity contribution in [1.29, 1.82) is 0 Å². The summed E-state index contributed by atoms with van der Waals surface area (Å²) < 4.78 is 6.48. The van der Waals surface area contributed by atoms with Crippen molar-refractivity contribution >= 4 is 0 Å². The molecule has 1 spiro atoms. The Balaban J connectivity index is 1.81. The van der Waals surface area contributed by atoms with Crippen molar-refractivity contribution in [3.05, 3.63) is 0 Å². The first-order valence-electron chi connectivity index (χ1n) is 8.97. The summed E-state index contributed by atoms with van der Waals surface area (Å²) in [7, 11) is 0. The second kappa shape index (κ2) is 4.23. The highest BCUT2D eigenvalue weighted by Gasteiger charge is 2.73. The largest absolute Gasteiger partial charge is 0.374 e. The van der Waals surface area contributed by atoms with Gasteiger partial charge in [-0.2, -0.15) is 0 Å². The van der Waals surface area contributed by atoms with Gasteiger partial charge in [-0.05, 0) is 44.1 Å². The fourth-order valence-corrected chi connectivity index (χ4v) is 6.62. The highest BCUT2D eigenvalue weighted by molar-refractivity contribution is 5.23. The third-order valence-corrected chi connectivity index (χ3v) is 7.56. The summed E-state index contributed by atoms with van der Waals surface area (Å²) in [4.78, 5) is 2.91. The lowest BCUT2D eigenvalue weighted by atomic mass is 9.60. The van der Waals surface area contributed by atoms with Crippen LogP contribution in [0.5, 0.6) is 0 Å². The van der Waals surface area contributed by atoms with E-state index in [2.05, 4.69) is 32.6 Å². The van der Waals surface area contributed by atoms with Crippen LogP contribution in [0.25, 0.3) is 0 Å². The highest BCUT2D eigenvalue weighted by atomic mass is 16.5. The Bertz CT molecular complexity index is 406. The first-order valence-corrected chi connectivity index (χ1v) is 8.97. The van der Waals surface area contributed by atoms with E-state index >= 15 is 0 Å². The molecule has 3 saturated heterocycles. The van der Waals surface area contributed by atoms with Gasteiger partial charge >= 0.3 is 0 Å². The molecule has 4 rings (SSSR count). The summed E-state index contributed by atoms with van der Waals surface area (Å²) in [6, 6.07) is 1.57. The number of hydrogen-bond acceptors (Lipinski definition) is 2. The monoisotopic (exact) mass is 277 g/mol. The van der Waals surface area contributed by atoms with Crippen LogP contribution in [-0.2, 0) is 4.74 Å². The maximum atomic E-state index is 6.48. The van der Waals surface area contributed by atoms with Crippen molar-refractivity contribution < 1.29 is 4.74 Å². The van der Waals surface area contributed by atoms with Crippen LogP contribution in [0, 0.1) is 16.7 Å². The number of ether oxygens (including phenoxy) is 1. The topological polar surface area (TPSA) is 12.5 Å². The van der Waals surface area contributed by atoms with E-state index in [4.69, 9.17) is 4.74 Å². The summed E-state index contributed by atoms with van der Waals surface area (Å²) in [6.07, 6.45) is 9.42. The number of fused-ring (bicyclic) bond motifs is 3. The summed E-state index contributed by atoms with van der Waals surface area (Å²) >= 11 is 0. The average Bonchev–Trinajstić information content (AvgIpc) is 3.14. The van der Waals surface area contributed by atoms with Crippen molar-refractivity contribution in [2.24, 2.45) is 16.7 Å².